The standard InChI is InChI=1S/C17H22N4O2/c1-4-14-16(12(3)23-20-14)17(22)21-7-5-6-13(10-21)15-9-18-8-11(2)19-15/h8-9,13H,4-7,10H2,1-3H3. The summed E-state index contributed by atoms with van der Waals surface area (Å²) >= 11 is 0. The fourth-order valence-corrected chi connectivity index (χ4v) is 3.17. The summed E-state index contributed by atoms with van der Waals surface area (Å²) in [5.41, 5.74) is 3.25. The van der Waals surface area contributed by atoms with Crippen molar-refractivity contribution in [3.05, 3.63) is 40.8 Å². The fourth-order valence-electron chi connectivity index (χ4n) is 3.17. The van der Waals surface area contributed by atoms with Crippen LogP contribution in [0.2, 0.25) is 0 Å². The number of amides is 1. The summed E-state index contributed by atoms with van der Waals surface area (Å²) in [5.74, 6) is 0.862. The highest BCUT2D eigenvalue weighted by Gasteiger charge is 2.30. The molecule has 23 heavy (non-hydrogen) atoms. The van der Waals surface area contributed by atoms with E-state index in [4.69, 9.17) is 4.52 Å². The maximum absolute atomic E-state index is 12.9. The van der Waals surface area contributed by atoms with Crippen molar-refractivity contribution >= 4 is 5.91 Å². The number of rotatable bonds is 3. The average molecular weight is 314 g/mol. The predicted octanol–water partition coefficient (Wildman–Crippen LogP) is 2.66. The molecule has 3 rings (SSSR count). The van der Waals surface area contributed by atoms with E-state index in [9.17, 15) is 4.79 Å². The van der Waals surface area contributed by atoms with E-state index in [0.717, 1.165) is 36.5 Å². The molecule has 2 aromatic heterocycles. The molecular weight excluding hydrogens is 292 g/mol. The first-order chi connectivity index (χ1) is 11.1. The van der Waals surface area contributed by atoms with E-state index in [0.29, 0.717) is 24.3 Å². The largest absolute Gasteiger partial charge is 0.361 e. The normalized spacial score (nSPS) is 18.2. The lowest BCUT2D eigenvalue weighted by Crippen LogP contribution is -2.39. The molecule has 6 nitrogen and oxygen atoms in total. The number of carbonyl (C=O) groups is 1. The van der Waals surface area contributed by atoms with Gasteiger partial charge in [0.05, 0.1) is 17.1 Å². The van der Waals surface area contributed by atoms with E-state index < -0.39 is 0 Å². The molecule has 0 aromatic carbocycles. The first-order valence-corrected chi connectivity index (χ1v) is 8.13. The second kappa shape index (κ2) is 6.48. The Balaban J connectivity index is 1.81. The molecule has 0 saturated carbocycles. The summed E-state index contributed by atoms with van der Waals surface area (Å²) in [7, 11) is 0. The van der Waals surface area contributed by atoms with Gasteiger partial charge >= 0.3 is 0 Å². The maximum Gasteiger partial charge on any atom is 0.259 e. The summed E-state index contributed by atoms with van der Waals surface area (Å²) in [6.45, 7) is 7.16. The van der Waals surface area contributed by atoms with Crippen molar-refractivity contribution in [2.75, 3.05) is 13.1 Å². The lowest BCUT2D eigenvalue weighted by atomic mass is 9.94. The first kappa shape index (κ1) is 15.6. The Hall–Kier alpha value is -2.24. The Morgan fingerprint density at radius 1 is 1.39 bits per heavy atom. The van der Waals surface area contributed by atoms with Crippen LogP contribution in [0.3, 0.4) is 0 Å². The fraction of sp³-hybridized carbons (Fsp3) is 0.529. The minimum atomic E-state index is 0.0194. The van der Waals surface area contributed by atoms with Crippen LogP contribution < -0.4 is 0 Å². The predicted molar refractivity (Wildman–Crippen MR) is 85.3 cm³/mol. The molecule has 0 N–H and O–H groups in total. The van der Waals surface area contributed by atoms with Crippen molar-refractivity contribution < 1.29 is 9.32 Å². The smallest absolute Gasteiger partial charge is 0.259 e. The maximum atomic E-state index is 12.9. The Kier molecular flexibility index (Phi) is 4.41. The van der Waals surface area contributed by atoms with Gasteiger partial charge in [-0.3, -0.25) is 14.8 Å². The quantitative estimate of drug-likeness (QED) is 0.871. The Morgan fingerprint density at radius 3 is 2.96 bits per heavy atom. The van der Waals surface area contributed by atoms with Crippen LogP contribution in [0, 0.1) is 13.8 Å². The van der Waals surface area contributed by atoms with E-state index in [-0.39, 0.29) is 11.8 Å². The third-order valence-electron chi connectivity index (χ3n) is 4.38. The van der Waals surface area contributed by atoms with Crippen molar-refractivity contribution in [2.45, 2.75) is 46.0 Å². The van der Waals surface area contributed by atoms with Crippen molar-refractivity contribution in [1.82, 2.24) is 20.0 Å². The lowest BCUT2D eigenvalue weighted by Gasteiger charge is -2.32. The molecule has 0 bridgehead atoms. The summed E-state index contributed by atoms with van der Waals surface area (Å²) in [6, 6.07) is 0. The van der Waals surface area contributed by atoms with Gasteiger partial charge in [-0.05, 0) is 33.1 Å². The third kappa shape index (κ3) is 3.11. The lowest BCUT2D eigenvalue weighted by molar-refractivity contribution is 0.0703. The third-order valence-corrected chi connectivity index (χ3v) is 4.38. The first-order valence-electron chi connectivity index (χ1n) is 8.13. The molecule has 1 amide bonds. The van der Waals surface area contributed by atoms with E-state index >= 15 is 0 Å². The van der Waals surface area contributed by atoms with Crippen LogP contribution in [0.4, 0.5) is 0 Å². The number of piperidine rings is 1. The molecule has 1 fully saturated rings. The van der Waals surface area contributed by atoms with Gasteiger partial charge < -0.3 is 9.42 Å². The monoisotopic (exact) mass is 314 g/mol. The van der Waals surface area contributed by atoms with Gasteiger partial charge in [0.2, 0.25) is 0 Å². The minimum absolute atomic E-state index is 0.0194. The molecule has 6 heteroatoms. The number of carbonyl (C=O) groups excluding carboxylic acids is 1. The molecule has 2 aromatic rings. The summed E-state index contributed by atoms with van der Waals surface area (Å²) < 4.78 is 5.21. The van der Waals surface area contributed by atoms with Crippen molar-refractivity contribution in [3.63, 3.8) is 0 Å². The number of nitrogens with zero attached hydrogens (tertiary/aromatic N) is 4. The highest BCUT2D eigenvalue weighted by molar-refractivity contribution is 5.96. The zero-order chi connectivity index (χ0) is 16.4. The summed E-state index contributed by atoms with van der Waals surface area (Å²) in [6.07, 6.45) is 6.26. The van der Waals surface area contributed by atoms with Crippen LogP contribution in [-0.2, 0) is 6.42 Å². The Bertz CT molecular complexity index is 710. The number of aromatic nitrogens is 3. The van der Waals surface area contributed by atoms with Crippen molar-refractivity contribution in [1.29, 1.82) is 0 Å². The highest BCUT2D eigenvalue weighted by atomic mass is 16.5. The molecule has 0 aliphatic carbocycles. The van der Waals surface area contributed by atoms with Gasteiger partial charge in [0.1, 0.15) is 11.3 Å². The molecule has 1 unspecified atom stereocenters. The molecule has 1 aliphatic heterocycles. The number of likely N-dealkylation sites (tertiary alicyclic amines) is 1. The Labute approximate surface area is 135 Å². The van der Waals surface area contributed by atoms with Gasteiger partial charge in [-0.25, -0.2) is 0 Å². The van der Waals surface area contributed by atoms with Crippen LogP contribution in [0.15, 0.2) is 16.9 Å². The molecule has 1 aliphatic rings. The van der Waals surface area contributed by atoms with Crippen LogP contribution in [0.1, 0.15) is 58.9 Å². The minimum Gasteiger partial charge on any atom is -0.361 e. The second-order valence-corrected chi connectivity index (χ2v) is 6.09. The number of aryl methyl sites for hydroxylation is 3. The van der Waals surface area contributed by atoms with E-state index in [1.165, 1.54) is 0 Å². The summed E-state index contributed by atoms with van der Waals surface area (Å²) in [4.78, 5) is 23.6. The van der Waals surface area contributed by atoms with E-state index in [1.807, 2.05) is 24.9 Å². The number of hydrogen-bond donors (Lipinski definition) is 0. The second-order valence-electron chi connectivity index (χ2n) is 6.09. The van der Waals surface area contributed by atoms with Crippen LogP contribution >= 0.6 is 0 Å². The molecule has 122 valence electrons. The van der Waals surface area contributed by atoms with Gasteiger partial charge in [-0.1, -0.05) is 12.1 Å². The zero-order valence-corrected chi connectivity index (χ0v) is 13.9. The van der Waals surface area contributed by atoms with Gasteiger partial charge in [0.15, 0.2) is 0 Å². The zero-order valence-electron chi connectivity index (χ0n) is 13.9. The average Bonchev–Trinajstić information content (AvgIpc) is 2.95. The van der Waals surface area contributed by atoms with E-state index in [2.05, 4.69) is 15.1 Å². The van der Waals surface area contributed by atoms with Crippen molar-refractivity contribution in [3.8, 4) is 0 Å². The topological polar surface area (TPSA) is 72.1 Å². The van der Waals surface area contributed by atoms with Gasteiger partial charge in [-0.15, -0.1) is 0 Å². The van der Waals surface area contributed by atoms with E-state index in [1.54, 1.807) is 13.1 Å². The van der Waals surface area contributed by atoms with Crippen LogP contribution in [0.25, 0.3) is 0 Å². The molecular formula is C17H22N4O2. The molecule has 1 atom stereocenters. The van der Waals surface area contributed by atoms with Gasteiger partial charge in [-0.2, -0.15) is 0 Å². The van der Waals surface area contributed by atoms with Crippen LogP contribution in [0.5, 0.6) is 0 Å². The van der Waals surface area contributed by atoms with Gasteiger partial charge in [0.25, 0.3) is 5.91 Å². The highest BCUT2D eigenvalue weighted by Crippen LogP contribution is 2.27. The molecule has 0 radical (unpaired) electrons. The molecule has 3 heterocycles. The number of hydrogen-bond acceptors (Lipinski definition) is 5. The molecule has 1 saturated heterocycles. The van der Waals surface area contributed by atoms with Crippen LogP contribution in [-0.4, -0.2) is 39.0 Å². The van der Waals surface area contributed by atoms with Crippen molar-refractivity contribution in [2.24, 2.45) is 0 Å². The van der Waals surface area contributed by atoms with Gasteiger partial charge in [0, 0.05) is 31.4 Å². The molecule has 0 spiro atoms. The summed E-state index contributed by atoms with van der Waals surface area (Å²) in [5, 5.41) is 3.99. The Morgan fingerprint density at radius 2 is 2.22 bits per heavy atom. The SMILES string of the molecule is CCc1noc(C)c1C(=O)N1CCCC(c2cncc(C)n2)C1.